The van der Waals surface area contributed by atoms with Crippen molar-refractivity contribution in [1.29, 1.82) is 0 Å². The van der Waals surface area contributed by atoms with Crippen LogP contribution in [0, 0.1) is 5.92 Å². The highest BCUT2D eigenvalue weighted by molar-refractivity contribution is 5.37. The number of piperazine rings is 1. The Balaban J connectivity index is 1.04. The van der Waals surface area contributed by atoms with Gasteiger partial charge in [0, 0.05) is 38.8 Å². The first kappa shape index (κ1) is 19.8. The molecule has 4 nitrogen and oxygen atoms in total. The van der Waals surface area contributed by atoms with E-state index in [0.717, 1.165) is 30.7 Å². The van der Waals surface area contributed by atoms with Crippen LogP contribution >= 0.6 is 0 Å². The molecular weight excluding hydrogens is 358 g/mol. The molecule has 160 valence electrons. The topological polar surface area (TPSA) is 19.0 Å². The molecule has 0 N–H and O–H groups in total. The summed E-state index contributed by atoms with van der Waals surface area (Å²) in [6.45, 7) is 11.1. The van der Waals surface area contributed by atoms with E-state index in [4.69, 9.17) is 4.74 Å². The van der Waals surface area contributed by atoms with Gasteiger partial charge >= 0.3 is 0 Å². The number of aryl methyl sites for hydroxylation is 1. The molecular formula is C25H39N3O. The van der Waals surface area contributed by atoms with Crippen LogP contribution < -0.4 is 4.74 Å². The van der Waals surface area contributed by atoms with E-state index >= 15 is 0 Å². The van der Waals surface area contributed by atoms with Crippen LogP contribution in [0.4, 0.5) is 0 Å². The third-order valence-electron chi connectivity index (χ3n) is 7.78. The van der Waals surface area contributed by atoms with Gasteiger partial charge in [0.25, 0.3) is 0 Å². The Bertz CT molecular complexity index is 672. The van der Waals surface area contributed by atoms with Gasteiger partial charge in [-0.1, -0.05) is 6.07 Å². The van der Waals surface area contributed by atoms with Crippen molar-refractivity contribution in [3.8, 4) is 5.75 Å². The molecule has 0 aromatic heterocycles. The van der Waals surface area contributed by atoms with Gasteiger partial charge in [0.1, 0.15) is 5.75 Å². The van der Waals surface area contributed by atoms with Crippen molar-refractivity contribution in [3.05, 3.63) is 29.3 Å². The molecule has 0 bridgehead atoms. The third kappa shape index (κ3) is 4.98. The number of rotatable bonds is 7. The highest BCUT2D eigenvalue weighted by Gasteiger charge is 2.30. The van der Waals surface area contributed by atoms with Crippen LogP contribution in [0.15, 0.2) is 18.2 Å². The lowest BCUT2D eigenvalue weighted by Crippen LogP contribution is -2.50. The largest absolute Gasteiger partial charge is 0.494 e. The number of fused-ring (bicyclic) bond motifs is 2. The van der Waals surface area contributed by atoms with Crippen LogP contribution in [0.5, 0.6) is 5.75 Å². The van der Waals surface area contributed by atoms with Crippen molar-refractivity contribution in [2.24, 2.45) is 5.92 Å². The number of ether oxygens (including phenoxy) is 1. The first-order valence-corrected chi connectivity index (χ1v) is 12.3. The molecule has 5 rings (SSSR count). The maximum atomic E-state index is 6.14. The summed E-state index contributed by atoms with van der Waals surface area (Å²) in [6.07, 6.45) is 10.6. The highest BCUT2D eigenvalue weighted by atomic mass is 16.5. The summed E-state index contributed by atoms with van der Waals surface area (Å²) in [5.41, 5.74) is 3.11. The number of nitrogens with zero attached hydrogens (tertiary/aromatic N) is 3. The van der Waals surface area contributed by atoms with E-state index in [9.17, 15) is 0 Å². The molecule has 0 amide bonds. The van der Waals surface area contributed by atoms with Crippen molar-refractivity contribution < 1.29 is 4.74 Å². The predicted octanol–water partition coefficient (Wildman–Crippen LogP) is 3.44. The van der Waals surface area contributed by atoms with Gasteiger partial charge < -0.3 is 14.5 Å². The number of hydrogen-bond acceptors (Lipinski definition) is 4. The summed E-state index contributed by atoms with van der Waals surface area (Å²) >= 11 is 0. The maximum absolute atomic E-state index is 6.14. The summed E-state index contributed by atoms with van der Waals surface area (Å²) in [5.74, 6) is 1.94. The molecule has 3 heterocycles. The highest BCUT2D eigenvalue weighted by Crippen LogP contribution is 2.30. The standard InChI is InChI=1S/C25H39N3O/c1-2-11-26(10-1)19-21-6-7-23-18-25(9-8-22(23)17-21)29-16-4-12-27-14-15-28-13-3-5-24(28)20-27/h8-9,18,21,24H,1-7,10-17,19-20H2. The fourth-order valence-electron chi connectivity index (χ4n) is 6.12. The van der Waals surface area contributed by atoms with E-state index in [1.54, 1.807) is 5.56 Å². The minimum atomic E-state index is 0.833. The normalized spacial score (nSPS) is 28.4. The zero-order valence-corrected chi connectivity index (χ0v) is 18.2. The Morgan fingerprint density at radius 3 is 2.76 bits per heavy atom. The lowest BCUT2D eigenvalue weighted by atomic mass is 9.83. The molecule has 3 fully saturated rings. The second-order valence-electron chi connectivity index (χ2n) is 9.88. The van der Waals surface area contributed by atoms with Crippen LogP contribution in [-0.2, 0) is 12.8 Å². The Kier molecular flexibility index (Phi) is 6.41. The summed E-state index contributed by atoms with van der Waals surface area (Å²) in [7, 11) is 0. The van der Waals surface area contributed by atoms with Gasteiger partial charge in [-0.2, -0.15) is 0 Å². The summed E-state index contributed by atoms with van der Waals surface area (Å²) in [5, 5.41) is 0. The molecule has 4 aliphatic rings. The van der Waals surface area contributed by atoms with Crippen LogP contribution in [0.2, 0.25) is 0 Å². The van der Waals surface area contributed by atoms with Crippen LogP contribution in [0.1, 0.15) is 49.7 Å². The number of benzene rings is 1. The Hall–Kier alpha value is -1.10. The monoisotopic (exact) mass is 397 g/mol. The molecule has 2 unspecified atom stereocenters. The number of hydrogen-bond donors (Lipinski definition) is 0. The second-order valence-corrected chi connectivity index (χ2v) is 9.88. The van der Waals surface area contributed by atoms with Crippen molar-refractivity contribution in [2.75, 3.05) is 59.0 Å². The zero-order valence-electron chi connectivity index (χ0n) is 18.2. The lowest BCUT2D eigenvalue weighted by Gasteiger charge is -2.37. The summed E-state index contributed by atoms with van der Waals surface area (Å²) in [4.78, 5) is 8.03. The molecule has 3 aliphatic heterocycles. The third-order valence-corrected chi connectivity index (χ3v) is 7.78. The Labute approximate surface area is 177 Å². The Morgan fingerprint density at radius 1 is 0.897 bits per heavy atom. The van der Waals surface area contributed by atoms with Gasteiger partial charge in [-0.25, -0.2) is 0 Å². The average molecular weight is 398 g/mol. The molecule has 0 saturated carbocycles. The summed E-state index contributed by atoms with van der Waals surface area (Å²) < 4.78 is 6.14. The summed E-state index contributed by atoms with van der Waals surface area (Å²) in [6, 6.07) is 7.73. The van der Waals surface area contributed by atoms with Gasteiger partial charge in [-0.05, 0) is 100 Å². The van der Waals surface area contributed by atoms with Crippen LogP contribution in [0.25, 0.3) is 0 Å². The Morgan fingerprint density at radius 2 is 1.83 bits per heavy atom. The molecule has 0 spiro atoms. The maximum Gasteiger partial charge on any atom is 0.119 e. The van der Waals surface area contributed by atoms with E-state index in [-0.39, 0.29) is 0 Å². The van der Waals surface area contributed by atoms with Crippen LogP contribution in [-0.4, -0.2) is 79.7 Å². The SMILES string of the molecule is c1cc2c(cc1OCCCN1CCN3CCCC3C1)CCC(CN1CCCC1)C2. The van der Waals surface area contributed by atoms with Gasteiger partial charge in [-0.3, -0.25) is 4.90 Å². The van der Waals surface area contributed by atoms with Gasteiger partial charge in [0.05, 0.1) is 6.61 Å². The van der Waals surface area contributed by atoms with Crippen molar-refractivity contribution in [1.82, 2.24) is 14.7 Å². The second kappa shape index (κ2) is 9.36. The van der Waals surface area contributed by atoms with Gasteiger partial charge in [0.15, 0.2) is 0 Å². The molecule has 1 aromatic rings. The molecule has 4 heteroatoms. The van der Waals surface area contributed by atoms with E-state index < -0.39 is 0 Å². The average Bonchev–Trinajstić information content (AvgIpc) is 3.42. The fourth-order valence-corrected chi connectivity index (χ4v) is 6.12. The van der Waals surface area contributed by atoms with Crippen molar-refractivity contribution in [3.63, 3.8) is 0 Å². The molecule has 3 saturated heterocycles. The van der Waals surface area contributed by atoms with E-state index in [1.807, 2.05) is 0 Å². The molecule has 1 aromatic carbocycles. The fraction of sp³-hybridized carbons (Fsp3) is 0.760. The molecule has 1 aliphatic carbocycles. The smallest absolute Gasteiger partial charge is 0.119 e. The van der Waals surface area contributed by atoms with Crippen molar-refractivity contribution >= 4 is 0 Å². The van der Waals surface area contributed by atoms with Crippen LogP contribution in [0.3, 0.4) is 0 Å². The predicted molar refractivity (Wildman–Crippen MR) is 119 cm³/mol. The zero-order chi connectivity index (χ0) is 19.5. The van der Waals surface area contributed by atoms with Gasteiger partial charge in [0.2, 0.25) is 0 Å². The molecule has 29 heavy (non-hydrogen) atoms. The minimum Gasteiger partial charge on any atom is -0.494 e. The quantitative estimate of drug-likeness (QED) is 0.656. The van der Waals surface area contributed by atoms with E-state index in [1.165, 1.54) is 103 Å². The first-order chi connectivity index (χ1) is 14.3. The van der Waals surface area contributed by atoms with E-state index in [2.05, 4.69) is 32.9 Å². The first-order valence-electron chi connectivity index (χ1n) is 12.3. The van der Waals surface area contributed by atoms with E-state index in [0.29, 0.717) is 0 Å². The lowest BCUT2D eigenvalue weighted by molar-refractivity contribution is 0.0997. The number of likely N-dealkylation sites (tertiary alicyclic amines) is 1. The minimum absolute atomic E-state index is 0.833. The van der Waals surface area contributed by atoms with Crippen molar-refractivity contribution in [2.45, 2.75) is 57.4 Å². The molecule has 2 atom stereocenters. The molecule has 0 radical (unpaired) electrons. The van der Waals surface area contributed by atoms with Gasteiger partial charge in [-0.15, -0.1) is 0 Å².